The summed E-state index contributed by atoms with van der Waals surface area (Å²) in [7, 11) is 1.93. The molecule has 0 spiro atoms. The van der Waals surface area contributed by atoms with Gasteiger partial charge in [-0.25, -0.2) is 4.68 Å². The molecular weight excluding hydrogens is 350 g/mol. The molecule has 0 radical (unpaired) electrons. The zero-order valence-corrected chi connectivity index (χ0v) is 17.2. The second-order valence-electron chi connectivity index (χ2n) is 7.97. The number of para-hydroxylation sites is 1. The Kier molecular flexibility index (Phi) is 5.85. The smallest absolute Gasteiger partial charge is 0.235 e. The molecule has 6 heteroatoms. The summed E-state index contributed by atoms with van der Waals surface area (Å²) in [6.45, 7) is 7.05. The van der Waals surface area contributed by atoms with Crippen molar-refractivity contribution in [3.8, 4) is 11.8 Å². The summed E-state index contributed by atoms with van der Waals surface area (Å²) in [5.74, 6) is -0.0902. The van der Waals surface area contributed by atoms with E-state index in [0.29, 0.717) is 6.54 Å². The molecule has 1 aliphatic carbocycles. The Bertz CT molecular complexity index is 902. The minimum Gasteiger partial charge on any atom is -0.337 e. The molecule has 0 unspecified atom stereocenters. The van der Waals surface area contributed by atoms with Crippen LogP contribution in [0.15, 0.2) is 24.3 Å². The number of nitriles is 1. The van der Waals surface area contributed by atoms with Gasteiger partial charge in [-0.1, -0.05) is 18.2 Å². The van der Waals surface area contributed by atoms with Crippen molar-refractivity contribution in [1.29, 1.82) is 5.26 Å². The van der Waals surface area contributed by atoms with E-state index in [9.17, 15) is 10.1 Å². The number of carbonyl (C=O) groups is 1. The molecule has 1 aromatic heterocycles. The lowest BCUT2D eigenvalue weighted by molar-refractivity contribution is -0.123. The van der Waals surface area contributed by atoms with Crippen molar-refractivity contribution in [2.45, 2.75) is 58.5 Å². The second-order valence-corrected chi connectivity index (χ2v) is 7.97. The van der Waals surface area contributed by atoms with E-state index in [4.69, 9.17) is 5.10 Å². The third-order valence-corrected chi connectivity index (χ3v) is 5.68. The van der Waals surface area contributed by atoms with Gasteiger partial charge in [-0.05, 0) is 65.1 Å². The summed E-state index contributed by atoms with van der Waals surface area (Å²) < 4.78 is 1.98. The maximum Gasteiger partial charge on any atom is 0.235 e. The molecular formula is C22H29N5O. The van der Waals surface area contributed by atoms with Crippen molar-refractivity contribution in [2.24, 2.45) is 0 Å². The third-order valence-electron chi connectivity index (χ3n) is 5.68. The zero-order valence-electron chi connectivity index (χ0n) is 17.2. The summed E-state index contributed by atoms with van der Waals surface area (Å²) in [4.78, 5) is 14.5. The number of aromatic nitrogens is 2. The number of hydrogen-bond acceptors (Lipinski definition) is 4. The first-order valence-corrected chi connectivity index (χ1v) is 9.87. The Morgan fingerprint density at radius 1 is 1.29 bits per heavy atom. The molecule has 1 heterocycles. The van der Waals surface area contributed by atoms with Gasteiger partial charge in [0.25, 0.3) is 0 Å². The molecule has 1 aliphatic rings. The molecule has 28 heavy (non-hydrogen) atoms. The van der Waals surface area contributed by atoms with Crippen LogP contribution in [0.4, 0.5) is 0 Å². The van der Waals surface area contributed by atoms with Gasteiger partial charge in [0.15, 0.2) is 0 Å². The van der Waals surface area contributed by atoms with Gasteiger partial charge in [-0.3, -0.25) is 9.69 Å². The highest BCUT2D eigenvalue weighted by Crippen LogP contribution is 2.28. The summed E-state index contributed by atoms with van der Waals surface area (Å²) in [6.07, 6.45) is 3.50. The minimum absolute atomic E-state index is 0.0902. The highest BCUT2D eigenvalue weighted by molar-refractivity contribution is 5.79. The van der Waals surface area contributed by atoms with Gasteiger partial charge < -0.3 is 5.32 Å². The molecule has 6 nitrogen and oxygen atoms in total. The van der Waals surface area contributed by atoms with E-state index in [1.54, 1.807) is 0 Å². The summed E-state index contributed by atoms with van der Waals surface area (Å²) in [5, 5.41) is 17.1. The van der Waals surface area contributed by atoms with Crippen molar-refractivity contribution < 1.29 is 4.79 Å². The first-order valence-electron chi connectivity index (χ1n) is 9.87. The van der Waals surface area contributed by atoms with Gasteiger partial charge in [0.2, 0.25) is 5.91 Å². The summed E-state index contributed by atoms with van der Waals surface area (Å²) >= 11 is 0. The van der Waals surface area contributed by atoms with Gasteiger partial charge >= 0.3 is 0 Å². The monoisotopic (exact) mass is 379 g/mol. The van der Waals surface area contributed by atoms with Crippen LogP contribution in [0.3, 0.4) is 0 Å². The van der Waals surface area contributed by atoms with Gasteiger partial charge in [-0.15, -0.1) is 0 Å². The van der Waals surface area contributed by atoms with Crippen molar-refractivity contribution in [1.82, 2.24) is 20.0 Å². The van der Waals surface area contributed by atoms with Crippen LogP contribution in [0.5, 0.6) is 0 Å². The predicted molar refractivity (Wildman–Crippen MR) is 109 cm³/mol. The number of aryl methyl sites for hydroxylation is 2. The Labute approximate surface area is 167 Å². The number of hydrogen-bond donors (Lipinski definition) is 1. The van der Waals surface area contributed by atoms with Crippen molar-refractivity contribution >= 4 is 5.91 Å². The van der Waals surface area contributed by atoms with Gasteiger partial charge in [0.05, 0.1) is 24.0 Å². The molecule has 1 fully saturated rings. The molecule has 0 bridgehead atoms. The van der Waals surface area contributed by atoms with Crippen LogP contribution >= 0.6 is 0 Å². The molecule has 0 saturated heterocycles. The molecule has 3 rings (SSSR count). The standard InChI is InChI=1S/C22H29N5O/c1-16-9-5-6-10-20(16)27-18(3)19(17(2)25-27)13-26(4)14-21(28)24-22(15-23)11-7-8-12-22/h5-6,9-10H,7-8,11-14H2,1-4H3,(H,24,28). The van der Waals surface area contributed by atoms with Gasteiger partial charge in [-0.2, -0.15) is 10.4 Å². The molecule has 148 valence electrons. The van der Waals surface area contributed by atoms with E-state index >= 15 is 0 Å². The average molecular weight is 380 g/mol. The number of benzene rings is 1. The van der Waals surface area contributed by atoms with Crippen molar-refractivity contribution in [2.75, 3.05) is 13.6 Å². The fourth-order valence-corrected chi connectivity index (χ4v) is 4.06. The van der Waals surface area contributed by atoms with E-state index < -0.39 is 5.54 Å². The molecule has 1 amide bonds. The number of carbonyl (C=O) groups excluding carboxylic acids is 1. The van der Waals surface area contributed by atoms with Crippen LogP contribution < -0.4 is 5.32 Å². The van der Waals surface area contributed by atoms with E-state index in [1.165, 1.54) is 5.56 Å². The SMILES string of the molecule is Cc1ccccc1-n1nc(C)c(CN(C)CC(=O)NC2(C#N)CCCC2)c1C. The highest BCUT2D eigenvalue weighted by atomic mass is 16.2. The largest absolute Gasteiger partial charge is 0.337 e. The second kappa shape index (κ2) is 8.15. The Morgan fingerprint density at radius 2 is 1.96 bits per heavy atom. The number of nitrogens with one attached hydrogen (secondary N) is 1. The molecule has 2 aromatic rings. The number of amides is 1. The highest BCUT2D eigenvalue weighted by Gasteiger charge is 2.35. The van der Waals surface area contributed by atoms with E-state index in [0.717, 1.165) is 48.3 Å². The zero-order chi connectivity index (χ0) is 20.3. The Balaban J connectivity index is 1.69. The van der Waals surface area contributed by atoms with Crippen LogP contribution in [-0.4, -0.2) is 39.7 Å². The van der Waals surface area contributed by atoms with Crippen LogP contribution in [0.25, 0.3) is 5.69 Å². The van der Waals surface area contributed by atoms with Crippen LogP contribution in [0.2, 0.25) is 0 Å². The third kappa shape index (κ3) is 4.10. The normalized spacial score (nSPS) is 15.6. The predicted octanol–water partition coefficient (Wildman–Crippen LogP) is 3.18. The van der Waals surface area contributed by atoms with Gasteiger partial charge in [0, 0.05) is 17.8 Å². The molecule has 0 atom stereocenters. The first kappa shape index (κ1) is 20.1. The molecule has 1 N–H and O–H groups in total. The molecule has 1 saturated carbocycles. The van der Waals surface area contributed by atoms with E-state index in [2.05, 4.69) is 37.4 Å². The fraction of sp³-hybridized carbons (Fsp3) is 0.500. The Morgan fingerprint density at radius 3 is 2.61 bits per heavy atom. The number of likely N-dealkylation sites (N-methyl/N-ethyl adjacent to an activating group) is 1. The van der Waals surface area contributed by atoms with Crippen molar-refractivity contribution in [3.63, 3.8) is 0 Å². The summed E-state index contributed by atoms with van der Waals surface area (Å²) in [6, 6.07) is 10.5. The minimum atomic E-state index is -0.667. The molecule has 1 aromatic carbocycles. The van der Waals surface area contributed by atoms with E-state index in [-0.39, 0.29) is 12.5 Å². The maximum absolute atomic E-state index is 12.5. The van der Waals surface area contributed by atoms with Crippen LogP contribution in [-0.2, 0) is 11.3 Å². The molecule has 0 aliphatic heterocycles. The van der Waals surface area contributed by atoms with Crippen molar-refractivity contribution in [3.05, 3.63) is 46.8 Å². The summed E-state index contributed by atoms with van der Waals surface area (Å²) in [5.41, 5.74) is 4.77. The fourth-order valence-electron chi connectivity index (χ4n) is 4.06. The lowest BCUT2D eigenvalue weighted by Crippen LogP contribution is -2.48. The number of nitrogens with zero attached hydrogens (tertiary/aromatic N) is 4. The van der Waals surface area contributed by atoms with E-state index in [1.807, 2.05) is 35.7 Å². The van der Waals surface area contributed by atoms with Crippen LogP contribution in [0, 0.1) is 32.1 Å². The lowest BCUT2D eigenvalue weighted by atomic mass is 10.00. The maximum atomic E-state index is 12.5. The quantitative estimate of drug-likeness (QED) is 0.836. The lowest BCUT2D eigenvalue weighted by Gasteiger charge is -2.24. The topological polar surface area (TPSA) is 74.0 Å². The average Bonchev–Trinajstić information content (AvgIpc) is 3.22. The first-order chi connectivity index (χ1) is 13.3. The van der Waals surface area contributed by atoms with Crippen LogP contribution in [0.1, 0.15) is 48.2 Å². The Hall–Kier alpha value is -2.65. The number of rotatable bonds is 6. The van der Waals surface area contributed by atoms with Gasteiger partial charge in [0.1, 0.15) is 5.54 Å².